The molecule has 4 rings (SSSR count). The van der Waals surface area contributed by atoms with Crippen LogP contribution < -0.4 is 15.2 Å². The number of halogens is 1. The molecule has 0 saturated carbocycles. The molecule has 1 atom stereocenters. The Kier molecular flexibility index (Phi) is 5.95. The fourth-order valence-corrected chi connectivity index (χ4v) is 4.20. The van der Waals surface area contributed by atoms with E-state index in [9.17, 15) is 9.59 Å². The fraction of sp³-hybridized carbons (Fsp3) is 0.261. The van der Waals surface area contributed by atoms with Gasteiger partial charge in [-0.2, -0.15) is 9.78 Å². The van der Waals surface area contributed by atoms with E-state index in [1.54, 1.807) is 37.6 Å². The van der Waals surface area contributed by atoms with Gasteiger partial charge in [-0.25, -0.2) is 4.79 Å². The largest absolute Gasteiger partial charge is 0.497 e. The second kappa shape index (κ2) is 8.81. The predicted octanol–water partition coefficient (Wildman–Crippen LogP) is 4.02. The number of anilines is 1. The smallest absolute Gasteiger partial charge is 0.340 e. The summed E-state index contributed by atoms with van der Waals surface area (Å²) >= 11 is 6.54. The number of benzene rings is 2. The van der Waals surface area contributed by atoms with Crippen molar-refractivity contribution in [3.63, 3.8) is 0 Å². The molecule has 1 aliphatic rings. The minimum Gasteiger partial charge on any atom is -0.497 e. The zero-order valence-corrected chi connectivity index (χ0v) is 18.0. The molecule has 31 heavy (non-hydrogen) atoms. The van der Waals surface area contributed by atoms with E-state index < -0.39 is 11.5 Å². The molecule has 1 saturated heterocycles. The van der Waals surface area contributed by atoms with Crippen LogP contribution in [0.2, 0.25) is 5.02 Å². The number of aromatic nitrogens is 2. The fourth-order valence-electron chi connectivity index (χ4n) is 3.96. The summed E-state index contributed by atoms with van der Waals surface area (Å²) in [4.78, 5) is 27.3. The highest BCUT2D eigenvalue weighted by Crippen LogP contribution is 2.38. The molecule has 2 aromatic carbocycles. The highest BCUT2D eigenvalue weighted by atomic mass is 35.5. The number of ether oxygens (including phenoxy) is 2. The van der Waals surface area contributed by atoms with E-state index in [1.165, 1.54) is 7.11 Å². The summed E-state index contributed by atoms with van der Waals surface area (Å²) in [5, 5.41) is 4.40. The van der Waals surface area contributed by atoms with Gasteiger partial charge in [0.25, 0.3) is 5.56 Å². The first-order valence-corrected chi connectivity index (χ1v) is 10.3. The Labute approximate surface area is 184 Å². The first-order valence-electron chi connectivity index (χ1n) is 9.91. The van der Waals surface area contributed by atoms with Crippen LogP contribution >= 0.6 is 11.6 Å². The van der Waals surface area contributed by atoms with Crippen molar-refractivity contribution < 1.29 is 14.3 Å². The van der Waals surface area contributed by atoms with Gasteiger partial charge in [0.1, 0.15) is 10.8 Å². The number of rotatable bonds is 5. The zero-order chi connectivity index (χ0) is 22.0. The van der Waals surface area contributed by atoms with Crippen LogP contribution in [0.25, 0.3) is 5.69 Å². The van der Waals surface area contributed by atoms with Crippen LogP contribution in [0.3, 0.4) is 0 Å². The van der Waals surface area contributed by atoms with Gasteiger partial charge in [-0.05, 0) is 42.7 Å². The van der Waals surface area contributed by atoms with Gasteiger partial charge in [-0.15, -0.1) is 0 Å². The lowest BCUT2D eigenvalue weighted by Gasteiger charge is -2.28. The topological polar surface area (TPSA) is 73.7 Å². The minimum absolute atomic E-state index is 0.0649. The first-order chi connectivity index (χ1) is 15.0. The normalized spacial score (nSPS) is 15.7. The SMILES string of the molecule is COC(=O)c1ccccc1-n1ncc(N2CCC[C@H]2c2ccc(OC)cc2)c(Cl)c1=O. The van der Waals surface area contributed by atoms with Crippen LogP contribution in [0.4, 0.5) is 5.69 Å². The van der Waals surface area contributed by atoms with Crippen LogP contribution in [-0.4, -0.2) is 36.5 Å². The number of para-hydroxylation sites is 1. The van der Waals surface area contributed by atoms with Gasteiger partial charge in [0.15, 0.2) is 0 Å². The maximum absolute atomic E-state index is 13.1. The maximum atomic E-state index is 13.1. The average molecular weight is 440 g/mol. The van der Waals surface area contributed by atoms with Gasteiger partial charge in [0, 0.05) is 6.54 Å². The Morgan fingerprint density at radius 2 is 1.84 bits per heavy atom. The quantitative estimate of drug-likeness (QED) is 0.559. The predicted molar refractivity (Wildman–Crippen MR) is 118 cm³/mol. The molecule has 0 N–H and O–H groups in total. The molecule has 0 aliphatic carbocycles. The van der Waals surface area contributed by atoms with Crippen molar-refractivity contribution in [2.24, 2.45) is 0 Å². The molecule has 1 fully saturated rings. The highest BCUT2D eigenvalue weighted by Gasteiger charge is 2.29. The van der Waals surface area contributed by atoms with Gasteiger partial charge in [-0.3, -0.25) is 4.79 Å². The van der Waals surface area contributed by atoms with E-state index in [0.29, 0.717) is 11.4 Å². The number of carbonyl (C=O) groups is 1. The summed E-state index contributed by atoms with van der Waals surface area (Å²) in [6.45, 7) is 0.764. The van der Waals surface area contributed by atoms with Gasteiger partial charge < -0.3 is 14.4 Å². The Morgan fingerprint density at radius 3 is 2.55 bits per heavy atom. The summed E-state index contributed by atoms with van der Waals surface area (Å²) in [6.07, 6.45) is 3.50. The van der Waals surface area contributed by atoms with Gasteiger partial charge >= 0.3 is 5.97 Å². The molecule has 160 valence electrons. The molecule has 8 heteroatoms. The lowest BCUT2D eigenvalue weighted by atomic mass is 10.0. The Morgan fingerprint density at radius 1 is 1.10 bits per heavy atom. The average Bonchev–Trinajstić information content (AvgIpc) is 3.30. The second-order valence-corrected chi connectivity index (χ2v) is 7.57. The van der Waals surface area contributed by atoms with Crippen LogP contribution in [0.5, 0.6) is 5.75 Å². The van der Waals surface area contributed by atoms with Crippen molar-refractivity contribution in [1.29, 1.82) is 0 Å². The van der Waals surface area contributed by atoms with Crippen molar-refractivity contribution in [2.45, 2.75) is 18.9 Å². The molecule has 7 nitrogen and oxygen atoms in total. The lowest BCUT2D eigenvalue weighted by Crippen LogP contribution is -2.29. The third kappa shape index (κ3) is 3.88. The molecule has 1 aromatic heterocycles. The van der Waals surface area contributed by atoms with E-state index in [4.69, 9.17) is 21.1 Å². The number of hydrogen-bond acceptors (Lipinski definition) is 6. The number of hydrogen-bond donors (Lipinski definition) is 0. The molecule has 0 bridgehead atoms. The van der Waals surface area contributed by atoms with Gasteiger partial charge in [-0.1, -0.05) is 35.9 Å². The summed E-state index contributed by atoms with van der Waals surface area (Å²) in [7, 11) is 2.92. The number of carbonyl (C=O) groups excluding carboxylic acids is 1. The van der Waals surface area contributed by atoms with Gasteiger partial charge in [0.05, 0.1) is 43.4 Å². The number of nitrogens with zero attached hydrogens (tertiary/aromatic N) is 3. The molecule has 2 heterocycles. The molecule has 0 unspecified atom stereocenters. The third-order valence-electron chi connectivity index (χ3n) is 5.50. The number of esters is 1. The molecule has 3 aromatic rings. The Bertz CT molecular complexity index is 1160. The molecular weight excluding hydrogens is 418 g/mol. The lowest BCUT2D eigenvalue weighted by molar-refractivity contribution is 0.0600. The molecule has 1 aliphatic heterocycles. The van der Waals surface area contributed by atoms with E-state index in [2.05, 4.69) is 10.00 Å². The standard InChI is InChI=1S/C23H22ClN3O4/c1-30-16-11-9-15(10-12-16)18-8-5-13-26(18)20-14-25-27(22(28)21(20)24)19-7-4-3-6-17(19)23(29)31-2/h3-4,6-7,9-12,14,18H,5,8,13H2,1-2H3/t18-/m0/s1. The van der Waals surface area contributed by atoms with Crippen LogP contribution in [0.15, 0.2) is 59.5 Å². The van der Waals surface area contributed by atoms with E-state index in [1.807, 2.05) is 24.3 Å². The van der Waals surface area contributed by atoms with Crippen LogP contribution in [-0.2, 0) is 4.74 Å². The maximum Gasteiger partial charge on any atom is 0.340 e. The van der Waals surface area contributed by atoms with E-state index in [-0.39, 0.29) is 16.6 Å². The molecule has 0 amide bonds. The summed E-state index contributed by atoms with van der Waals surface area (Å²) in [6, 6.07) is 14.6. The summed E-state index contributed by atoms with van der Waals surface area (Å²) in [5.41, 5.74) is 1.77. The highest BCUT2D eigenvalue weighted by molar-refractivity contribution is 6.33. The van der Waals surface area contributed by atoms with Gasteiger partial charge in [0.2, 0.25) is 0 Å². The van der Waals surface area contributed by atoms with Crippen molar-refractivity contribution >= 4 is 23.3 Å². The van der Waals surface area contributed by atoms with Crippen molar-refractivity contribution in [3.05, 3.63) is 81.2 Å². The van der Waals surface area contributed by atoms with Crippen molar-refractivity contribution in [2.75, 3.05) is 25.7 Å². The zero-order valence-electron chi connectivity index (χ0n) is 17.2. The number of methoxy groups -OCH3 is 2. The minimum atomic E-state index is -0.552. The molecular formula is C23H22ClN3O4. The van der Waals surface area contributed by atoms with Crippen LogP contribution in [0, 0.1) is 0 Å². The van der Waals surface area contributed by atoms with E-state index in [0.717, 1.165) is 35.4 Å². The van der Waals surface area contributed by atoms with Crippen molar-refractivity contribution in [3.8, 4) is 11.4 Å². The monoisotopic (exact) mass is 439 g/mol. The summed E-state index contributed by atoms with van der Waals surface area (Å²) < 4.78 is 11.2. The molecule has 0 radical (unpaired) electrons. The first kappa shape index (κ1) is 20.9. The van der Waals surface area contributed by atoms with Crippen molar-refractivity contribution in [1.82, 2.24) is 9.78 Å². The van der Waals surface area contributed by atoms with E-state index >= 15 is 0 Å². The Hall–Kier alpha value is -3.32. The van der Waals surface area contributed by atoms with Crippen LogP contribution in [0.1, 0.15) is 34.8 Å². The second-order valence-electron chi connectivity index (χ2n) is 7.19. The third-order valence-corrected chi connectivity index (χ3v) is 5.86. The molecule has 0 spiro atoms. The Balaban J connectivity index is 1.72. The summed E-state index contributed by atoms with van der Waals surface area (Å²) in [5.74, 6) is 0.239.